The number of benzene rings is 2. The molecule has 0 spiro atoms. The van der Waals surface area contributed by atoms with Gasteiger partial charge in [-0.05, 0) is 48.6 Å². The molecule has 0 amide bonds. The monoisotopic (exact) mass is 321 g/mol. The van der Waals surface area contributed by atoms with Crippen LogP contribution in [0.4, 0.5) is 4.39 Å². The largest absolute Gasteiger partial charge is 0.456 e. The van der Waals surface area contributed by atoms with Crippen LogP contribution in [-0.4, -0.2) is 18.5 Å². The predicted molar refractivity (Wildman–Crippen MR) is 95.4 cm³/mol. The Balaban J connectivity index is 1.80. The first-order chi connectivity index (χ1) is 11.6. The Labute approximate surface area is 141 Å². The van der Waals surface area contributed by atoms with Gasteiger partial charge in [-0.25, -0.2) is 4.39 Å². The Bertz CT molecular complexity index is 878. The van der Waals surface area contributed by atoms with Crippen LogP contribution >= 0.6 is 0 Å². The lowest BCUT2D eigenvalue weighted by molar-refractivity contribution is 0.322. The first-order valence-corrected chi connectivity index (χ1v) is 8.29. The van der Waals surface area contributed by atoms with Crippen LogP contribution in [0.2, 0.25) is 0 Å². The van der Waals surface area contributed by atoms with Gasteiger partial charge in [-0.15, -0.1) is 0 Å². The van der Waals surface area contributed by atoms with Gasteiger partial charge >= 0.3 is 0 Å². The van der Waals surface area contributed by atoms with Crippen LogP contribution in [0.25, 0.3) is 22.3 Å². The van der Waals surface area contributed by atoms with E-state index in [1.165, 1.54) is 0 Å². The van der Waals surface area contributed by atoms with Crippen molar-refractivity contribution < 1.29 is 8.81 Å². The summed E-state index contributed by atoms with van der Waals surface area (Å²) in [6.45, 7) is 5.13. The third kappa shape index (κ3) is 2.60. The number of rotatable bonds is 2. The lowest BCUT2D eigenvalue weighted by Gasteiger charge is -2.33. The van der Waals surface area contributed by atoms with Crippen LogP contribution in [0, 0.1) is 5.82 Å². The van der Waals surface area contributed by atoms with Crippen molar-refractivity contribution in [3.05, 3.63) is 72.2 Å². The van der Waals surface area contributed by atoms with E-state index in [1.807, 2.05) is 36.4 Å². The van der Waals surface area contributed by atoms with Crippen LogP contribution in [0.15, 0.2) is 65.2 Å². The lowest BCUT2D eigenvalue weighted by atomic mass is 9.85. The van der Waals surface area contributed by atoms with Crippen LogP contribution in [-0.2, 0) is 0 Å². The van der Waals surface area contributed by atoms with Gasteiger partial charge in [0.15, 0.2) is 0 Å². The molecule has 1 aliphatic heterocycles. The first kappa shape index (κ1) is 15.0. The molecule has 3 heteroatoms. The van der Waals surface area contributed by atoms with Gasteiger partial charge in [-0.2, -0.15) is 0 Å². The minimum atomic E-state index is -0.235. The maximum Gasteiger partial charge on any atom is 0.135 e. The van der Waals surface area contributed by atoms with Crippen molar-refractivity contribution in [1.29, 1.82) is 0 Å². The van der Waals surface area contributed by atoms with Gasteiger partial charge in [0.1, 0.15) is 17.2 Å². The summed E-state index contributed by atoms with van der Waals surface area (Å²) in [5.41, 5.74) is 3.96. The van der Waals surface area contributed by atoms with Crippen molar-refractivity contribution in [2.45, 2.75) is 18.8 Å². The third-order valence-corrected chi connectivity index (χ3v) is 4.98. The molecule has 1 unspecified atom stereocenters. The highest BCUT2D eigenvalue weighted by Crippen LogP contribution is 2.39. The minimum Gasteiger partial charge on any atom is -0.456 e. The average Bonchev–Trinajstić information content (AvgIpc) is 3.01. The van der Waals surface area contributed by atoms with E-state index in [2.05, 4.69) is 18.5 Å². The minimum absolute atomic E-state index is 0.235. The molecular formula is C21H20FNO. The first-order valence-electron chi connectivity index (χ1n) is 8.29. The molecule has 2 aromatic carbocycles. The zero-order chi connectivity index (χ0) is 16.7. The van der Waals surface area contributed by atoms with Gasteiger partial charge in [0.05, 0.1) is 0 Å². The molecule has 0 saturated carbocycles. The number of likely N-dealkylation sites (tertiary alicyclic amines) is 1. The molecule has 1 saturated heterocycles. The van der Waals surface area contributed by atoms with E-state index < -0.39 is 0 Å². The normalized spacial score (nSPS) is 18.3. The van der Waals surface area contributed by atoms with Crippen LogP contribution in [0.1, 0.15) is 24.3 Å². The second kappa shape index (κ2) is 5.82. The molecule has 0 N–H and O–H groups in total. The molecule has 1 aliphatic rings. The lowest BCUT2D eigenvalue weighted by Crippen LogP contribution is -2.27. The Kier molecular flexibility index (Phi) is 3.64. The Morgan fingerprint density at radius 2 is 2.00 bits per heavy atom. The molecule has 0 aliphatic carbocycles. The number of para-hydroxylation sites is 1. The van der Waals surface area contributed by atoms with Crippen molar-refractivity contribution in [1.82, 2.24) is 4.90 Å². The Morgan fingerprint density at radius 3 is 2.79 bits per heavy atom. The van der Waals surface area contributed by atoms with Gasteiger partial charge in [-0.1, -0.05) is 30.8 Å². The summed E-state index contributed by atoms with van der Waals surface area (Å²) in [5.74, 6) is 0.841. The summed E-state index contributed by atoms with van der Waals surface area (Å²) in [5, 5.41) is 1.04. The maximum absolute atomic E-state index is 13.9. The smallest absolute Gasteiger partial charge is 0.135 e. The standard InChI is InChI=1S/C21H20FNO/c1-14-11-15(9-10-23(14)2)18-8-7-17(22)13-19(18)21-12-16-5-3-4-6-20(16)24-21/h3-8,12-13,15H,1,9-11H2,2H3. The highest BCUT2D eigenvalue weighted by molar-refractivity contribution is 5.83. The van der Waals surface area contributed by atoms with E-state index in [0.29, 0.717) is 5.92 Å². The molecule has 1 atom stereocenters. The molecule has 2 heterocycles. The Morgan fingerprint density at radius 1 is 1.17 bits per heavy atom. The average molecular weight is 321 g/mol. The molecule has 2 nitrogen and oxygen atoms in total. The zero-order valence-electron chi connectivity index (χ0n) is 13.8. The highest BCUT2D eigenvalue weighted by Gasteiger charge is 2.24. The van der Waals surface area contributed by atoms with E-state index in [1.54, 1.807) is 12.1 Å². The number of nitrogens with zero attached hydrogens (tertiary/aromatic N) is 1. The van der Waals surface area contributed by atoms with Crippen molar-refractivity contribution in [2.75, 3.05) is 13.6 Å². The molecule has 1 aromatic heterocycles. The fourth-order valence-corrected chi connectivity index (χ4v) is 3.53. The van der Waals surface area contributed by atoms with Crippen LogP contribution in [0.3, 0.4) is 0 Å². The molecule has 1 fully saturated rings. The number of allylic oxidation sites excluding steroid dienone is 1. The van der Waals surface area contributed by atoms with Crippen molar-refractivity contribution in [3.8, 4) is 11.3 Å². The molecular weight excluding hydrogens is 301 g/mol. The number of halogens is 1. The Hall–Kier alpha value is -2.55. The fourth-order valence-electron chi connectivity index (χ4n) is 3.53. The van der Waals surface area contributed by atoms with E-state index in [4.69, 9.17) is 4.42 Å². The predicted octanol–water partition coefficient (Wildman–Crippen LogP) is 5.56. The van der Waals surface area contributed by atoms with E-state index in [9.17, 15) is 4.39 Å². The number of piperidine rings is 1. The fraction of sp³-hybridized carbons (Fsp3) is 0.238. The third-order valence-electron chi connectivity index (χ3n) is 4.98. The van der Waals surface area contributed by atoms with E-state index in [-0.39, 0.29) is 5.82 Å². The second-order valence-corrected chi connectivity index (χ2v) is 6.56. The number of furan rings is 1. The highest BCUT2D eigenvalue weighted by atomic mass is 19.1. The molecule has 24 heavy (non-hydrogen) atoms. The summed E-state index contributed by atoms with van der Waals surface area (Å²) in [6.07, 6.45) is 1.93. The molecule has 0 radical (unpaired) electrons. The van der Waals surface area contributed by atoms with Crippen LogP contribution in [0.5, 0.6) is 0 Å². The van der Waals surface area contributed by atoms with Gasteiger partial charge in [0, 0.05) is 30.2 Å². The quantitative estimate of drug-likeness (QED) is 0.614. The van der Waals surface area contributed by atoms with Crippen molar-refractivity contribution in [2.24, 2.45) is 0 Å². The number of hydrogen-bond acceptors (Lipinski definition) is 2. The number of fused-ring (bicyclic) bond motifs is 1. The summed E-state index contributed by atoms with van der Waals surface area (Å²) >= 11 is 0. The molecule has 4 rings (SSSR count). The van der Waals surface area contributed by atoms with Gasteiger partial charge in [-0.3, -0.25) is 0 Å². The maximum atomic E-state index is 13.9. The van der Waals surface area contributed by atoms with E-state index in [0.717, 1.165) is 52.9 Å². The van der Waals surface area contributed by atoms with Gasteiger partial charge in [0.25, 0.3) is 0 Å². The van der Waals surface area contributed by atoms with E-state index >= 15 is 0 Å². The summed E-state index contributed by atoms with van der Waals surface area (Å²) in [4.78, 5) is 2.20. The van der Waals surface area contributed by atoms with Crippen LogP contribution < -0.4 is 0 Å². The second-order valence-electron chi connectivity index (χ2n) is 6.56. The summed E-state index contributed by atoms with van der Waals surface area (Å²) in [6, 6.07) is 14.9. The van der Waals surface area contributed by atoms with Crippen molar-refractivity contribution >= 4 is 11.0 Å². The number of hydrogen-bond donors (Lipinski definition) is 0. The van der Waals surface area contributed by atoms with Gasteiger partial charge in [0.2, 0.25) is 0 Å². The molecule has 0 bridgehead atoms. The molecule has 122 valence electrons. The summed E-state index contributed by atoms with van der Waals surface area (Å²) < 4.78 is 19.9. The SMILES string of the molecule is C=C1CC(c2ccc(F)cc2-c2cc3ccccc3o2)CCN1C. The topological polar surface area (TPSA) is 16.4 Å². The van der Waals surface area contributed by atoms with Crippen molar-refractivity contribution in [3.63, 3.8) is 0 Å². The van der Waals surface area contributed by atoms with Gasteiger partial charge < -0.3 is 9.32 Å². The molecule has 3 aromatic rings. The summed E-state index contributed by atoms with van der Waals surface area (Å²) in [7, 11) is 2.07. The zero-order valence-corrected chi connectivity index (χ0v) is 13.8.